The molecule has 4 rings (SSSR count). The normalized spacial score (nSPS) is 14.6. The van der Waals surface area contributed by atoms with Crippen LogP contribution in [0.4, 0.5) is 4.79 Å². The predicted octanol–water partition coefficient (Wildman–Crippen LogP) is 6.46. The summed E-state index contributed by atoms with van der Waals surface area (Å²) in [6.45, 7) is 0.129. The van der Waals surface area contributed by atoms with Crippen LogP contribution < -0.4 is 9.47 Å². The number of ether oxygens (including phenoxy) is 2. The second-order valence-electron chi connectivity index (χ2n) is 7.21. The van der Waals surface area contributed by atoms with E-state index in [9.17, 15) is 14.4 Å². The smallest absolute Gasteiger partial charge is 0.343 e. The van der Waals surface area contributed by atoms with Crippen molar-refractivity contribution < 1.29 is 23.9 Å². The number of hydrogen-bond donors (Lipinski definition) is 0. The number of rotatable bonds is 6. The van der Waals surface area contributed by atoms with Crippen LogP contribution in [0.25, 0.3) is 6.08 Å². The Bertz CT molecular complexity index is 1310. The summed E-state index contributed by atoms with van der Waals surface area (Å²) in [7, 11) is 1.54. The average molecular weight is 514 g/mol. The molecule has 172 valence electrons. The van der Waals surface area contributed by atoms with Crippen molar-refractivity contribution in [2.75, 3.05) is 7.11 Å². The third kappa shape index (κ3) is 5.44. The summed E-state index contributed by atoms with van der Waals surface area (Å²) in [5.41, 5.74) is 1.68. The van der Waals surface area contributed by atoms with Gasteiger partial charge in [-0.05, 0) is 77.5 Å². The molecule has 1 heterocycles. The number of esters is 1. The number of benzene rings is 3. The lowest BCUT2D eigenvalue weighted by molar-refractivity contribution is -0.123. The van der Waals surface area contributed by atoms with Gasteiger partial charge in [-0.25, -0.2) is 4.79 Å². The first-order chi connectivity index (χ1) is 16.3. The molecule has 1 fully saturated rings. The van der Waals surface area contributed by atoms with Crippen molar-refractivity contribution in [3.05, 3.63) is 98.4 Å². The van der Waals surface area contributed by atoms with Crippen LogP contribution in [0.1, 0.15) is 21.5 Å². The topological polar surface area (TPSA) is 72.9 Å². The molecule has 0 spiro atoms. The fourth-order valence-electron chi connectivity index (χ4n) is 3.18. The van der Waals surface area contributed by atoms with Gasteiger partial charge in [0.2, 0.25) is 0 Å². The first kappa shape index (κ1) is 23.9. The zero-order valence-corrected chi connectivity index (χ0v) is 20.1. The van der Waals surface area contributed by atoms with Gasteiger partial charge in [-0.1, -0.05) is 41.4 Å². The van der Waals surface area contributed by atoms with Gasteiger partial charge in [0, 0.05) is 5.02 Å². The van der Waals surface area contributed by atoms with Crippen molar-refractivity contribution in [1.82, 2.24) is 4.90 Å². The molecule has 0 radical (unpaired) electrons. The van der Waals surface area contributed by atoms with Gasteiger partial charge in [-0.3, -0.25) is 14.5 Å². The molecule has 1 saturated heterocycles. The van der Waals surface area contributed by atoms with Crippen LogP contribution in [-0.4, -0.2) is 29.1 Å². The lowest BCUT2D eigenvalue weighted by Gasteiger charge is -2.12. The number of amides is 2. The van der Waals surface area contributed by atoms with Crippen LogP contribution in [-0.2, 0) is 11.3 Å². The Hall–Kier alpha value is -3.26. The summed E-state index contributed by atoms with van der Waals surface area (Å²) in [5, 5.41) is 0.351. The highest BCUT2D eigenvalue weighted by Gasteiger charge is 2.35. The highest BCUT2D eigenvalue weighted by atomic mass is 35.5. The summed E-state index contributed by atoms with van der Waals surface area (Å²) in [5.74, 6) is -0.176. The fraction of sp³-hybridized carbons (Fsp3) is 0.0800. The third-order valence-electron chi connectivity index (χ3n) is 4.89. The molecule has 0 aromatic heterocycles. The van der Waals surface area contributed by atoms with Crippen molar-refractivity contribution in [2.45, 2.75) is 6.54 Å². The molecule has 0 saturated carbocycles. The van der Waals surface area contributed by atoms with E-state index in [4.69, 9.17) is 32.7 Å². The second kappa shape index (κ2) is 10.3. The summed E-state index contributed by atoms with van der Waals surface area (Å²) in [4.78, 5) is 39.0. The van der Waals surface area contributed by atoms with Gasteiger partial charge < -0.3 is 9.47 Å². The number of methoxy groups -OCH3 is 1. The van der Waals surface area contributed by atoms with Gasteiger partial charge in [-0.15, -0.1) is 0 Å². The van der Waals surface area contributed by atoms with Gasteiger partial charge in [-0.2, -0.15) is 0 Å². The van der Waals surface area contributed by atoms with Crippen molar-refractivity contribution >= 4 is 58.2 Å². The van der Waals surface area contributed by atoms with Gasteiger partial charge in [0.1, 0.15) is 11.5 Å². The van der Waals surface area contributed by atoms with Gasteiger partial charge in [0.25, 0.3) is 11.1 Å². The molecule has 1 aliphatic rings. The summed E-state index contributed by atoms with van der Waals surface area (Å²) in [6.07, 6.45) is 1.57. The van der Waals surface area contributed by atoms with Crippen LogP contribution in [0.15, 0.2) is 71.6 Å². The Morgan fingerprint density at radius 2 is 1.79 bits per heavy atom. The van der Waals surface area contributed by atoms with E-state index in [-0.39, 0.29) is 27.5 Å². The van der Waals surface area contributed by atoms with Crippen molar-refractivity contribution in [2.24, 2.45) is 0 Å². The highest BCUT2D eigenvalue weighted by molar-refractivity contribution is 8.18. The largest absolute Gasteiger partial charge is 0.497 e. The minimum absolute atomic E-state index is 0.129. The molecule has 3 aromatic rings. The van der Waals surface area contributed by atoms with Crippen molar-refractivity contribution in [3.63, 3.8) is 0 Å². The van der Waals surface area contributed by atoms with Crippen molar-refractivity contribution in [3.8, 4) is 11.5 Å². The zero-order chi connectivity index (χ0) is 24.2. The Balaban J connectivity index is 1.47. The monoisotopic (exact) mass is 513 g/mol. The molecular weight excluding hydrogens is 497 g/mol. The summed E-state index contributed by atoms with van der Waals surface area (Å²) in [6, 6.07) is 18.2. The molecule has 0 N–H and O–H groups in total. The van der Waals surface area contributed by atoms with E-state index < -0.39 is 11.9 Å². The molecule has 34 heavy (non-hydrogen) atoms. The zero-order valence-electron chi connectivity index (χ0n) is 17.8. The number of thioether (sulfide) groups is 1. The van der Waals surface area contributed by atoms with Crippen LogP contribution in [0.2, 0.25) is 10.0 Å². The van der Waals surface area contributed by atoms with Crippen LogP contribution >= 0.6 is 35.0 Å². The van der Waals surface area contributed by atoms with Crippen molar-refractivity contribution in [1.29, 1.82) is 0 Å². The first-order valence-corrected chi connectivity index (χ1v) is 11.6. The Morgan fingerprint density at radius 3 is 2.47 bits per heavy atom. The number of halogens is 2. The first-order valence-electron chi connectivity index (χ1n) is 9.99. The molecular formula is C25H17Cl2NO5S. The Kier molecular flexibility index (Phi) is 7.26. The molecule has 0 unspecified atom stereocenters. The third-order valence-corrected chi connectivity index (χ3v) is 6.32. The lowest BCUT2D eigenvalue weighted by Crippen LogP contribution is -2.27. The molecule has 6 nitrogen and oxygen atoms in total. The lowest BCUT2D eigenvalue weighted by atomic mass is 10.2. The molecule has 9 heteroatoms. The maximum absolute atomic E-state index is 12.8. The molecule has 1 aliphatic heterocycles. The standard InChI is InChI=1S/C25H17Cl2NO5S/c1-32-19-8-6-17(7-9-19)24(30)33-21-10-5-15(12-20(21)27)13-22-23(29)28(25(31)34-22)14-16-3-2-4-18(26)11-16/h2-13H,14H2,1H3/b22-13-. The van der Waals surface area contributed by atoms with E-state index in [0.717, 1.165) is 22.2 Å². The minimum atomic E-state index is -0.570. The van der Waals surface area contributed by atoms with Gasteiger partial charge in [0.15, 0.2) is 0 Å². The number of carbonyl (C=O) groups excluding carboxylic acids is 3. The molecule has 2 amide bonds. The average Bonchev–Trinajstić information content (AvgIpc) is 3.08. The van der Waals surface area contributed by atoms with E-state index in [1.54, 1.807) is 66.7 Å². The minimum Gasteiger partial charge on any atom is -0.497 e. The SMILES string of the molecule is COc1ccc(C(=O)Oc2ccc(/C=C3\SC(=O)N(Cc4cccc(Cl)c4)C3=O)cc2Cl)cc1. The number of nitrogens with zero attached hydrogens (tertiary/aromatic N) is 1. The van der Waals surface area contributed by atoms with E-state index >= 15 is 0 Å². The van der Waals surface area contributed by atoms with Gasteiger partial charge >= 0.3 is 5.97 Å². The fourth-order valence-corrected chi connectivity index (χ4v) is 4.46. The summed E-state index contributed by atoms with van der Waals surface area (Å²) < 4.78 is 10.5. The second-order valence-corrected chi connectivity index (χ2v) is 9.04. The molecule has 0 aliphatic carbocycles. The van der Waals surface area contributed by atoms with Crippen LogP contribution in [0.5, 0.6) is 11.5 Å². The maximum atomic E-state index is 12.8. The van der Waals surface area contributed by atoms with E-state index in [2.05, 4.69) is 0 Å². The predicted molar refractivity (Wildman–Crippen MR) is 132 cm³/mol. The van der Waals surface area contributed by atoms with E-state index in [1.807, 2.05) is 0 Å². The van der Waals surface area contributed by atoms with E-state index in [1.165, 1.54) is 13.2 Å². The number of imide groups is 1. The quantitative estimate of drug-likeness (QED) is 0.214. The Morgan fingerprint density at radius 1 is 1.03 bits per heavy atom. The molecule has 0 atom stereocenters. The van der Waals surface area contributed by atoms with E-state index in [0.29, 0.717) is 21.9 Å². The number of hydrogen-bond acceptors (Lipinski definition) is 6. The summed E-state index contributed by atoms with van der Waals surface area (Å²) >= 11 is 13.1. The molecule has 3 aromatic carbocycles. The highest BCUT2D eigenvalue weighted by Crippen LogP contribution is 2.35. The maximum Gasteiger partial charge on any atom is 0.343 e. The number of carbonyl (C=O) groups is 3. The molecule has 0 bridgehead atoms. The Labute approximate surface area is 210 Å². The van der Waals surface area contributed by atoms with Crippen LogP contribution in [0, 0.1) is 0 Å². The van der Waals surface area contributed by atoms with Gasteiger partial charge in [0.05, 0.1) is 29.1 Å². The van der Waals surface area contributed by atoms with Crippen LogP contribution in [0.3, 0.4) is 0 Å².